The summed E-state index contributed by atoms with van der Waals surface area (Å²) in [6, 6.07) is 0. The van der Waals surface area contributed by atoms with Crippen LogP contribution in [-0.2, 0) is 9.84 Å². The topological polar surface area (TPSA) is 61.8 Å². The number of piperidine rings is 1. The van der Waals surface area contributed by atoms with Gasteiger partial charge in [-0.25, -0.2) is 8.42 Å². The Labute approximate surface area is 141 Å². The lowest BCUT2D eigenvalue weighted by molar-refractivity contribution is 0.142. The number of nitrogens with one attached hydrogen (secondary N) is 1. The Kier molecular flexibility index (Phi) is 6.34. The van der Waals surface area contributed by atoms with E-state index in [1.807, 2.05) is 0 Å². The van der Waals surface area contributed by atoms with E-state index in [-0.39, 0.29) is 5.92 Å². The Morgan fingerprint density at radius 2 is 2.17 bits per heavy atom. The van der Waals surface area contributed by atoms with Crippen LogP contribution >= 0.6 is 0 Å². The van der Waals surface area contributed by atoms with Crippen LogP contribution in [0.2, 0.25) is 0 Å². The summed E-state index contributed by atoms with van der Waals surface area (Å²) < 4.78 is 23.2. The van der Waals surface area contributed by atoms with Gasteiger partial charge in [0, 0.05) is 26.2 Å². The smallest absolute Gasteiger partial charge is 0.193 e. The van der Waals surface area contributed by atoms with E-state index in [9.17, 15) is 8.42 Å². The first-order valence-corrected chi connectivity index (χ1v) is 10.9. The van der Waals surface area contributed by atoms with Crippen LogP contribution in [0, 0.1) is 11.3 Å². The van der Waals surface area contributed by atoms with E-state index in [0.717, 1.165) is 32.0 Å². The zero-order valence-corrected chi connectivity index (χ0v) is 15.8. The van der Waals surface area contributed by atoms with Crippen molar-refractivity contribution in [2.45, 2.75) is 52.9 Å². The standard InChI is InChI=1S/C17H33N3O2S/c1-4-8-17(3)9-6-10-20(14-17)16(18-5-2)19-12-15-7-11-23(21,22)13-15/h15H,4-14H2,1-3H3,(H,18,19). The van der Waals surface area contributed by atoms with Crippen LogP contribution in [0.1, 0.15) is 52.9 Å². The van der Waals surface area contributed by atoms with Gasteiger partial charge in [-0.2, -0.15) is 0 Å². The van der Waals surface area contributed by atoms with Crippen molar-refractivity contribution in [3.63, 3.8) is 0 Å². The van der Waals surface area contributed by atoms with Gasteiger partial charge in [0.25, 0.3) is 0 Å². The fourth-order valence-electron chi connectivity index (χ4n) is 3.96. The third-order valence-corrected chi connectivity index (χ3v) is 6.93. The number of likely N-dealkylation sites (tertiary alicyclic amines) is 1. The molecule has 2 saturated heterocycles. The summed E-state index contributed by atoms with van der Waals surface area (Å²) in [5.41, 5.74) is 0.375. The molecule has 0 radical (unpaired) electrons. The van der Waals surface area contributed by atoms with Gasteiger partial charge < -0.3 is 10.2 Å². The highest BCUT2D eigenvalue weighted by Crippen LogP contribution is 2.34. The fourth-order valence-corrected chi connectivity index (χ4v) is 5.81. The molecule has 2 atom stereocenters. The van der Waals surface area contributed by atoms with E-state index in [1.54, 1.807) is 0 Å². The summed E-state index contributed by atoms with van der Waals surface area (Å²) >= 11 is 0. The molecule has 2 rings (SSSR count). The zero-order valence-electron chi connectivity index (χ0n) is 15.0. The number of aliphatic imine (C=N–C) groups is 1. The first-order valence-electron chi connectivity index (χ1n) is 9.11. The molecule has 5 nitrogen and oxygen atoms in total. The van der Waals surface area contributed by atoms with Crippen LogP contribution in [0.15, 0.2) is 4.99 Å². The second-order valence-electron chi connectivity index (χ2n) is 7.55. The summed E-state index contributed by atoms with van der Waals surface area (Å²) in [5, 5.41) is 3.40. The van der Waals surface area contributed by atoms with E-state index in [4.69, 9.17) is 4.99 Å². The maximum absolute atomic E-state index is 11.6. The van der Waals surface area contributed by atoms with Crippen LogP contribution in [0.4, 0.5) is 0 Å². The van der Waals surface area contributed by atoms with Gasteiger partial charge in [0.05, 0.1) is 11.5 Å². The lowest BCUT2D eigenvalue weighted by atomic mass is 9.78. The molecule has 2 aliphatic rings. The number of rotatable bonds is 5. The number of hydrogen-bond donors (Lipinski definition) is 1. The first kappa shape index (κ1) is 18.6. The van der Waals surface area contributed by atoms with Gasteiger partial charge in [-0.05, 0) is 43.9 Å². The molecule has 0 bridgehead atoms. The van der Waals surface area contributed by atoms with Crippen molar-refractivity contribution in [1.29, 1.82) is 0 Å². The normalized spacial score (nSPS) is 31.3. The minimum Gasteiger partial charge on any atom is -0.357 e. The Morgan fingerprint density at radius 3 is 2.78 bits per heavy atom. The molecule has 2 fully saturated rings. The Balaban J connectivity index is 2.00. The van der Waals surface area contributed by atoms with Crippen LogP contribution in [-0.4, -0.2) is 57.0 Å². The fraction of sp³-hybridized carbons (Fsp3) is 0.941. The average molecular weight is 344 g/mol. The van der Waals surface area contributed by atoms with Crippen molar-refractivity contribution >= 4 is 15.8 Å². The monoisotopic (exact) mass is 343 g/mol. The molecule has 0 amide bonds. The molecule has 2 unspecified atom stereocenters. The van der Waals surface area contributed by atoms with Crippen LogP contribution in [0.5, 0.6) is 0 Å². The molecule has 0 aliphatic carbocycles. The Hall–Kier alpha value is -0.780. The van der Waals surface area contributed by atoms with E-state index >= 15 is 0 Å². The largest absolute Gasteiger partial charge is 0.357 e. The number of nitrogens with zero attached hydrogens (tertiary/aromatic N) is 2. The molecular formula is C17H33N3O2S. The van der Waals surface area contributed by atoms with Crippen LogP contribution < -0.4 is 5.32 Å². The van der Waals surface area contributed by atoms with Gasteiger partial charge in [0.1, 0.15) is 0 Å². The van der Waals surface area contributed by atoms with Crippen molar-refractivity contribution < 1.29 is 8.42 Å². The van der Waals surface area contributed by atoms with E-state index in [0.29, 0.717) is 23.5 Å². The second-order valence-corrected chi connectivity index (χ2v) is 9.78. The molecule has 23 heavy (non-hydrogen) atoms. The van der Waals surface area contributed by atoms with Crippen molar-refractivity contribution in [3.05, 3.63) is 0 Å². The highest BCUT2D eigenvalue weighted by Gasteiger charge is 2.32. The SMILES string of the molecule is CCCC1(C)CCCN(C(=NCC2CCS(=O)(=O)C2)NCC)C1. The Morgan fingerprint density at radius 1 is 1.39 bits per heavy atom. The van der Waals surface area contributed by atoms with Gasteiger partial charge >= 0.3 is 0 Å². The van der Waals surface area contributed by atoms with Crippen molar-refractivity contribution in [1.82, 2.24) is 10.2 Å². The summed E-state index contributed by atoms with van der Waals surface area (Å²) in [4.78, 5) is 7.16. The third kappa shape index (κ3) is 5.37. The number of hydrogen-bond acceptors (Lipinski definition) is 3. The van der Waals surface area contributed by atoms with E-state index in [1.165, 1.54) is 25.7 Å². The van der Waals surface area contributed by atoms with Gasteiger partial charge in [-0.3, -0.25) is 4.99 Å². The molecule has 0 spiro atoms. The third-order valence-electron chi connectivity index (χ3n) is 5.09. The lowest BCUT2D eigenvalue weighted by Gasteiger charge is -2.42. The average Bonchev–Trinajstić information content (AvgIpc) is 2.83. The van der Waals surface area contributed by atoms with E-state index < -0.39 is 9.84 Å². The van der Waals surface area contributed by atoms with Gasteiger partial charge in [-0.15, -0.1) is 0 Å². The molecule has 0 saturated carbocycles. The predicted octanol–water partition coefficient (Wildman–Crippen LogP) is 2.29. The molecule has 0 aromatic heterocycles. The maximum atomic E-state index is 11.6. The summed E-state index contributed by atoms with van der Waals surface area (Å²) in [7, 11) is -2.81. The molecule has 2 aliphatic heterocycles. The molecule has 0 aromatic rings. The molecule has 134 valence electrons. The number of sulfone groups is 1. The zero-order chi connectivity index (χ0) is 16.9. The summed E-state index contributed by atoms with van der Waals surface area (Å²) in [6.07, 6.45) is 5.73. The van der Waals surface area contributed by atoms with Crippen molar-refractivity contribution in [3.8, 4) is 0 Å². The Bertz CT molecular complexity index is 514. The van der Waals surface area contributed by atoms with Crippen molar-refractivity contribution in [2.75, 3.05) is 37.7 Å². The first-order chi connectivity index (χ1) is 10.9. The quantitative estimate of drug-likeness (QED) is 0.614. The van der Waals surface area contributed by atoms with Gasteiger partial charge in [0.15, 0.2) is 15.8 Å². The van der Waals surface area contributed by atoms with E-state index in [2.05, 4.69) is 31.0 Å². The number of guanidine groups is 1. The molecule has 2 heterocycles. The summed E-state index contributed by atoms with van der Waals surface area (Å²) in [5.74, 6) is 1.81. The van der Waals surface area contributed by atoms with Gasteiger partial charge in [-0.1, -0.05) is 20.3 Å². The van der Waals surface area contributed by atoms with Crippen LogP contribution in [0.3, 0.4) is 0 Å². The predicted molar refractivity (Wildman–Crippen MR) is 96.6 cm³/mol. The van der Waals surface area contributed by atoms with Crippen molar-refractivity contribution in [2.24, 2.45) is 16.3 Å². The second kappa shape index (κ2) is 7.86. The molecular weight excluding hydrogens is 310 g/mol. The molecule has 1 N–H and O–H groups in total. The minimum atomic E-state index is -2.81. The molecule has 0 aromatic carbocycles. The minimum absolute atomic E-state index is 0.195. The van der Waals surface area contributed by atoms with Gasteiger partial charge in [0.2, 0.25) is 0 Å². The molecule has 6 heteroatoms. The highest BCUT2D eigenvalue weighted by molar-refractivity contribution is 7.91. The summed E-state index contributed by atoms with van der Waals surface area (Å²) in [6.45, 7) is 10.3. The maximum Gasteiger partial charge on any atom is 0.193 e. The lowest BCUT2D eigenvalue weighted by Crippen LogP contribution is -2.50. The van der Waals surface area contributed by atoms with Crippen LogP contribution in [0.25, 0.3) is 0 Å². The highest BCUT2D eigenvalue weighted by atomic mass is 32.2.